The molecule has 1 rings (SSSR count). The van der Waals surface area contributed by atoms with Crippen molar-refractivity contribution >= 4 is 0 Å². The zero-order valence-corrected chi connectivity index (χ0v) is 4.58. The predicted octanol–water partition coefficient (Wildman–Crippen LogP) is 1.97. The largest absolute Gasteiger partial charge is 0.0751 e. The summed E-state index contributed by atoms with van der Waals surface area (Å²) in [4.78, 5) is 0. The van der Waals surface area contributed by atoms with Crippen LogP contribution in [0.5, 0.6) is 0 Å². The summed E-state index contributed by atoms with van der Waals surface area (Å²) >= 11 is 0. The Labute approximate surface area is 38.9 Å². The molecule has 34 valence electrons. The Morgan fingerprint density at radius 1 is 1.50 bits per heavy atom. The van der Waals surface area contributed by atoms with E-state index in [4.69, 9.17) is 0 Å². The van der Waals surface area contributed by atoms with E-state index in [1.54, 1.807) is 0 Å². The molecule has 0 fully saturated rings. The Hall–Kier alpha value is -0.260. The number of allylic oxidation sites excluding steroid dienone is 2. The minimum atomic E-state index is 0.500. The normalized spacial score (nSPS) is 26.2. The van der Waals surface area contributed by atoms with Crippen LogP contribution < -0.4 is 0 Å². The second-order valence-electron chi connectivity index (χ2n) is 2.55. The van der Waals surface area contributed by atoms with Crippen molar-refractivity contribution < 1.29 is 0 Å². The molecule has 0 bridgehead atoms. The highest BCUT2D eigenvalue weighted by Crippen LogP contribution is 2.41. The zero-order valence-electron chi connectivity index (χ0n) is 4.58. The molecule has 0 aromatic carbocycles. The molecule has 0 amide bonds. The molecule has 0 aromatic rings. The van der Waals surface area contributed by atoms with Gasteiger partial charge in [0.2, 0.25) is 0 Å². The first-order valence-electron chi connectivity index (χ1n) is 2.33. The molecule has 6 heavy (non-hydrogen) atoms. The highest BCUT2D eigenvalue weighted by molar-refractivity contribution is 5.33. The average Bonchev–Trinajstić information content (AvgIpc) is 1.73. The molecule has 0 spiro atoms. The summed E-state index contributed by atoms with van der Waals surface area (Å²) in [5.74, 6) is 0. The van der Waals surface area contributed by atoms with E-state index in [1.807, 2.05) is 0 Å². The Morgan fingerprint density at radius 3 is 1.67 bits per heavy atom. The molecule has 0 aliphatic heterocycles. The molecule has 1 aliphatic rings. The molecule has 0 aromatic heterocycles. The fraction of sp³-hybridized carbons (Fsp3) is 0.667. The first kappa shape index (κ1) is 3.91. The van der Waals surface area contributed by atoms with Crippen LogP contribution in [-0.4, -0.2) is 0 Å². The van der Waals surface area contributed by atoms with Crippen molar-refractivity contribution in [3.8, 4) is 0 Å². The van der Waals surface area contributed by atoms with Crippen LogP contribution in [0.3, 0.4) is 0 Å². The Morgan fingerprint density at radius 2 is 1.67 bits per heavy atom. The van der Waals surface area contributed by atoms with Gasteiger partial charge in [-0.15, -0.1) is 0 Å². The maximum Gasteiger partial charge on any atom is 0.00346 e. The Bertz CT molecular complexity index is 96.6. The van der Waals surface area contributed by atoms with Crippen molar-refractivity contribution in [2.75, 3.05) is 0 Å². The summed E-state index contributed by atoms with van der Waals surface area (Å²) in [7, 11) is 0. The van der Waals surface area contributed by atoms with Crippen molar-refractivity contribution in [3.63, 3.8) is 0 Å². The third kappa shape index (κ3) is 0.368. The molecular formula is C6H10. The topological polar surface area (TPSA) is 0 Å². The number of hydrogen-bond acceptors (Lipinski definition) is 0. The maximum atomic E-state index is 2.27. The summed E-state index contributed by atoms with van der Waals surface area (Å²) in [5, 5.41) is 0. The van der Waals surface area contributed by atoms with Gasteiger partial charge in [-0.3, -0.25) is 0 Å². The summed E-state index contributed by atoms with van der Waals surface area (Å²) < 4.78 is 0. The fourth-order valence-corrected chi connectivity index (χ4v) is 0.505. The quantitative estimate of drug-likeness (QED) is 0.392. The zero-order chi connectivity index (χ0) is 4.78. The van der Waals surface area contributed by atoms with Crippen LogP contribution >= 0.6 is 0 Å². The molecule has 0 saturated carbocycles. The molecule has 0 N–H and O–H groups in total. The van der Waals surface area contributed by atoms with E-state index in [9.17, 15) is 0 Å². The molecule has 0 heterocycles. The molecule has 0 radical (unpaired) electrons. The lowest BCUT2D eigenvalue weighted by atomic mass is 10.1. The van der Waals surface area contributed by atoms with Gasteiger partial charge in [0.25, 0.3) is 0 Å². The van der Waals surface area contributed by atoms with E-state index in [0.29, 0.717) is 5.41 Å². The van der Waals surface area contributed by atoms with Gasteiger partial charge in [0, 0.05) is 5.41 Å². The third-order valence-electron chi connectivity index (χ3n) is 1.51. The van der Waals surface area contributed by atoms with Crippen molar-refractivity contribution in [1.29, 1.82) is 0 Å². The van der Waals surface area contributed by atoms with Gasteiger partial charge < -0.3 is 0 Å². The Kier molecular flexibility index (Phi) is 0.456. The van der Waals surface area contributed by atoms with E-state index < -0.39 is 0 Å². The second kappa shape index (κ2) is 0.699. The van der Waals surface area contributed by atoms with Crippen molar-refractivity contribution in [2.45, 2.75) is 20.8 Å². The van der Waals surface area contributed by atoms with Gasteiger partial charge in [-0.1, -0.05) is 25.5 Å². The minimum Gasteiger partial charge on any atom is -0.0751 e. The SMILES string of the molecule is CC1=CC1(C)C. The van der Waals surface area contributed by atoms with Gasteiger partial charge in [0.15, 0.2) is 0 Å². The van der Waals surface area contributed by atoms with E-state index in [0.717, 1.165) is 0 Å². The monoisotopic (exact) mass is 82.1 g/mol. The molecule has 0 atom stereocenters. The minimum absolute atomic E-state index is 0.500. The number of rotatable bonds is 0. The highest BCUT2D eigenvalue weighted by atomic mass is 14.3. The predicted molar refractivity (Wildman–Crippen MR) is 27.5 cm³/mol. The third-order valence-corrected chi connectivity index (χ3v) is 1.51. The standard InChI is InChI=1S/C6H10/c1-5-4-6(5,2)3/h4H,1-3H3. The van der Waals surface area contributed by atoms with E-state index >= 15 is 0 Å². The summed E-state index contributed by atoms with van der Waals surface area (Å²) in [6, 6.07) is 0. The molecule has 0 nitrogen and oxygen atoms in total. The van der Waals surface area contributed by atoms with Crippen LogP contribution in [0.25, 0.3) is 0 Å². The fourth-order valence-electron chi connectivity index (χ4n) is 0.505. The van der Waals surface area contributed by atoms with Crippen LogP contribution in [0.2, 0.25) is 0 Å². The Balaban J connectivity index is 2.53. The van der Waals surface area contributed by atoms with E-state index in [-0.39, 0.29) is 0 Å². The van der Waals surface area contributed by atoms with Gasteiger partial charge in [0.05, 0.1) is 0 Å². The van der Waals surface area contributed by atoms with Gasteiger partial charge >= 0.3 is 0 Å². The summed E-state index contributed by atoms with van der Waals surface area (Å²) in [5.41, 5.74) is 2.03. The van der Waals surface area contributed by atoms with Gasteiger partial charge in [0.1, 0.15) is 0 Å². The van der Waals surface area contributed by atoms with Gasteiger partial charge in [-0.2, -0.15) is 0 Å². The van der Waals surface area contributed by atoms with Crippen molar-refractivity contribution in [3.05, 3.63) is 11.6 Å². The second-order valence-corrected chi connectivity index (χ2v) is 2.55. The van der Waals surface area contributed by atoms with Crippen LogP contribution in [-0.2, 0) is 0 Å². The van der Waals surface area contributed by atoms with Crippen molar-refractivity contribution in [2.24, 2.45) is 5.41 Å². The molecule has 0 saturated heterocycles. The number of hydrogen-bond donors (Lipinski definition) is 0. The molecule has 1 aliphatic carbocycles. The van der Waals surface area contributed by atoms with E-state index in [2.05, 4.69) is 26.8 Å². The van der Waals surface area contributed by atoms with E-state index in [1.165, 1.54) is 5.57 Å². The molecular weight excluding hydrogens is 72.1 g/mol. The average molecular weight is 82.1 g/mol. The summed E-state index contributed by atoms with van der Waals surface area (Å²) in [6.07, 6.45) is 2.27. The van der Waals surface area contributed by atoms with Crippen LogP contribution in [0, 0.1) is 5.41 Å². The molecule has 0 heteroatoms. The van der Waals surface area contributed by atoms with Gasteiger partial charge in [-0.25, -0.2) is 0 Å². The van der Waals surface area contributed by atoms with Crippen LogP contribution in [0.15, 0.2) is 11.6 Å². The summed E-state index contributed by atoms with van der Waals surface area (Å²) in [6.45, 7) is 6.62. The van der Waals surface area contributed by atoms with Crippen LogP contribution in [0.1, 0.15) is 20.8 Å². The van der Waals surface area contributed by atoms with Gasteiger partial charge in [-0.05, 0) is 6.92 Å². The lowest BCUT2D eigenvalue weighted by molar-refractivity contribution is 0.700. The van der Waals surface area contributed by atoms with Crippen LogP contribution in [0.4, 0.5) is 0 Å². The smallest absolute Gasteiger partial charge is 0.00346 e. The highest BCUT2D eigenvalue weighted by Gasteiger charge is 2.28. The first-order chi connectivity index (χ1) is 2.63. The maximum absolute atomic E-state index is 2.27. The van der Waals surface area contributed by atoms with Crippen molar-refractivity contribution in [1.82, 2.24) is 0 Å². The first-order valence-corrected chi connectivity index (χ1v) is 2.33. The lowest BCUT2D eigenvalue weighted by Crippen LogP contribution is -1.84. The lowest BCUT2D eigenvalue weighted by Gasteiger charge is -1.94. The molecule has 0 unspecified atom stereocenters.